The molecule has 0 spiro atoms. The first-order valence-electron chi connectivity index (χ1n) is 5.33. The minimum Gasteiger partial charge on any atom is -0.313 e. The molecular formula is C11H15BrN2O3S. The molecule has 0 unspecified atom stereocenters. The fourth-order valence-corrected chi connectivity index (χ4v) is 2.27. The third kappa shape index (κ3) is 4.08. The van der Waals surface area contributed by atoms with E-state index < -0.39 is 10.0 Å². The van der Waals surface area contributed by atoms with Gasteiger partial charge in [0.1, 0.15) is 0 Å². The average Bonchev–Trinajstić information content (AvgIpc) is 2.28. The number of carbonyl (C=O) groups excluding carboxylic acids is 1. The van der Waals surface area contributed by atoms with Gasteiger partial charge in [-0.3, -0.25) is 4.79 Å². The summed E-state index contributed by atoms with van der Waals surface area (Å²) in [6.07, 6.45) is 0.816. The largest absolute Gasteiger partial charge is 0.313 e. The van der Waals surface area contributed by atoms with Gasteiger partial charge < -0.3 is 4.90 Å². The van der Waals surface area contributed by atoms with Crippen molar-refractivity contribution in [2.45, 2.75) is 18.2 Å². The molecule has 0 aromatic heterocycles. The zero-order chi connectivity index (χ0) is 13.8. The molecule has 5 nitrogen and oxygen atoms in total. The topological polar surface area (TPSA) is 80.5 Å². The highest BCUT2D eigenvalue weighted by atomic mass is 79.9. The van der Waals surface area contributed by atoms with E-state index in [1.165, 1.54) is 19.1 Å². The van der Waals surface area contributed by atoms with E-state index in [1.807, 2.05) is 0 Å². The van der Waals surface area contributed by atoms with Crippen LogP contribution in [-0.4, -0.2) is 26.2 Å². The van der Waals surface area contributed by atoms with Crippen LogP contribution in [0, 0.1) is 0 Å². The molecule has 0 heterocycles. The van der Waals surface area contributed by atoms with Crippen molar-refractivity contribution in [2.24, 2.45) is 5.14 Å². The van der Waals surface area contributed by atoms with Crippen LogP contribution in [0.15, 0.2) is 29.2 Å². The van der Waals surface area contributed by atoms with Gasteiger partial charge in [-0.05, 0) is 30.7 Å². The van der Waals surface area contributed by atoms with Gasteiger partial charge >= 0.3 is 0 Å². The predicted octanol–water partition coefficient (Wildman–Crippen LogP) is 1.47. The molecule has 7 heteroatoms. The Morgan fingerprint density at radius 1 is 1.33 bits per heavy atom. The second kappa shape index (κ2) is 6.31. The smallest absolute Gasteiger partial charge is 0.238 e. The van der Waals surface area contributed by atoms with Crippen LogP contribution < -0.4 is 10.0 Å². The molecule has 0 aliphatic rings. The van der Waals surface area contributed by atoms with Crippen molar-refractivity contribution < 1.29 is 13.2 Å². The van der Waals surface area contributed by atoms with Gasteiger partial charge in [-0.15, -0.1) is 0 Å². The van der Waals surface area contributed by atoms with Crippen LogP contribution in [0.3, 0.4) is 0 Å². The minimum atomic E-state index is -3.69. The van der Waals surface area contributed by atoms with Gasteiger partial charge in [0.05, 0.1) is 4.90 Å². The lowest BCUT2D eigenvalue weighted by Gasteiger charge is -2.20. The SMILES string of the molecule is CC(=O)N(CCCBr)c1ccc(S(N)(=O)=O)cc1. The van der Waals surface area contributed by atoms with E-state index >= 15 is 0 Å². The van der Waals surface area contributed by atoms with Crippen molar-refractivity contribution >= 4 is 37.5 Å². The first kappa shape index (κ1) is 15.1. The summed E-state index contributed by atoms with van der Waals surface area (Å²) in [7, 11) is -3.69. The Bertz CT molecular complexity index is 514. The van der Waals surface area contributed by atoms with Gasteiger partial charge in [0.15, 0.2) is 0 Å². The van der Waals surface area contributed by atoms with Crippen LogP contribution >= 0.6 is 15.9 Å². The number of amides is 1. The number of rotatable bonds is 5. The molecule has 0 atom stereocenters. The molecule has 0 fully saturated rings. The lowest BCUT2D eigenvalue weighted by atomic mass is 10.2. The molecule has 0 radical (unpaired) electrons. The Hall–Kier alpha value is -0.920. The lowest BCUT2D eigenvalue weighted by molar-refractivity contribution is -0.116. The highest BCUT2D eigenvalue weighted by Gasteiger charge is 2.12. The molecule has 1 rings (SSSR count). The van der Waals surface area contributed by atoms with Crippen LogP contribution in [0.5, 0.6) is 0 Å². The molecule has 1 aromatic carbocycles. The number of carbonyl (C=O) groups is 1. The fraction of sp³-hybridized carbons (Fsp3) is 0.364. The standard InChI is InChI=1S/C11H15BrN2O3S/c1-9(15)14(8-2-7-12)10-3-5-11(6-4-10)18(13,16)17/h3-6H,2,7-8H2,1H3,(H2,13,16,17). The van der Waals surface area contributed by atoms with E-state index in [9.17, 15) is 13.2 Å². The Kier molecular flexibility index (Phi) is 5.30. The van der Waals surface area contributed by atoms with Gasteiger partial charge in [-0.25, -0.2) is 13.6 Å². The number of nitrogens with two attached hydrogens (primary N) is 1. The Morgan fingerprint density at radius 3 is 2.28 bits per heavy atom. The van der Waals surface area contributed by atoms with Gasteiger partial charge in [0, 0.05) is 24.5 Å². The van der Waals surface area contributed by atoms with Crippen molar-refractivity contribution in [1.82, 2.24) is 0 Å². The molecule has 0 saturated heterocycles. The molecule has 2 N–H and O–H groups in total. The van der Waals surface area contributed by atoms with Gasteiger partial charge in [-0.2, -0.15) is 0 Å². The first-order valence-corrected chi connectivity index (χ1v) is 8.00. The highest BCUT2D eigenvalue weighted by molar-refractivity contribution is 9.09. The molecule has 0 aliphatic carbocycles. The fourth-order valence-electron chi connectivity index (χ4n) is 1.50. The number of halogens is 1. The van der Waals surface area contributed by atoms with E-state index in [-0.39, 0.29) is 10.8 Å². The summed E-state index contributed by atoms with van der Waals surface area (Å²) in [6.45, 7) is 2.05. The Balaban J connectivity index is 2.97. The highest BCUT2D eigenvalue weighted by Crippen LogP contribution is 2.18. The van der Waals surface area contributed by atoms with E-state index in [1.54, 1.807) is 17.0 Å². The number of benzene rings is 1. The zero-order valence-electron chi connectivity index (χ0n) is 9.97. The molecular weight excluding hydrogens is 320 g/mol. The third-order valence-corrected chi connectivity index (χ3v) is 3.86. The molecule has 0 bridgehead atoms. The van der Waals surface area contributed by atoms with E-state index in [0.717, 1.165) is 11.8 Å². The summed E-state index contributed by atoms with van der Waals surface area (Å²) in [5.41, 5.74) is 0.663. The summed E-state index contributed by atoms with van der Waals surface area (Å²) < 4.78 is 22.2. The summed E-state index contributed by atoms with van der Waals surface area (Å²) in [5, 5.41) is 5.81. The molecule has 18 heavy (non-hydrogen) atoms. The monoisotopic (exact) mass is 334 g/mol. The normalized spacial score (nSPS) is 11.3. The van der Waals surface area contributed by atoms with E-state index in [2.05, 4.69) is 15.9 Å². The first-order chi connectivity index (χ1) is 8.36. The van der Waals surface area contributed by atoms with Gasteiger partial charge in [0.2, 0.25) is 15.9 Å². The molecule has 0 aliphatic heterocycles. The maximum Gasteiger partial charge on any atom is 0.238 e. The molecule has 1 amide bonds. The molecule has 1 aromatic rings. The number of sulfonamides is 1. The minimum absolute atomic E-state index is 0.0373. The van der Waals surface area contributed by atoms with Crippen molar-refractivity contribution in [3.63, 3.8) is 0 Å². The number of anilines is 1. The second-order valence-corrected chi connectivity index (χ2v) is 6.11. The second-order valence-electron chi connectivity index (χ2n) is 3.75. The predicted molar refractivity (Wildman–Crippen MR) is 74.3 cm³/mol. The number of hydrogen-bond acceptors (Lipinski definition) is 3. The summed E-state index contributed by atoms with van der Waals surface area (Å²) in [5.74, 6) is -0.0840. The Labute approximate surface area is 115 Å². The van der Waals surface area contributed by atoms with Crippen LogP contribution in [-0.2, 0) is 14.8 Å². The number of primary sulfonamides is 1. The third-order valence-electron chi connectivity index (χ3n) is 2.37. The number of hydrogen-bond donors (Lipinski definition) is 1. The maximum absolute atomic E-state index is 11.5. The van der Waals surface area contributed by atoms with Crippen LogP contribution in [0.1, 0.15) is 13.3 Å². The summed E-state index contributed by atoms with van der Waals surface area (Å²) in [4.78, 5) is 13.1. The van der Waals surface area contributed by atoms with Gasteiger partial charge in [-0.1, -0.05) is 15.9 Å². The average molecular weight is 335 g/mol. The lowest BCUT2D eigenvalue weighted by Crippen LogP contribution is -2.29. The number of alkyl halides is 1. The summed E-state index contributed by atoms with van der Waals surface area (Å²) in [6, 6.07) is 5.95. The Morgan fingerprint density at radius 2 is 1.89 bits per heavy atom. The van der Waals surface area contributed by atoms with Crippen molar-refractivity contribution in [3.05, 3.63) is 24.3 Å². The number of nitrogens with zero attached hydrogens (tertiary/aromatic N) is 1. The summed E-state index contributed by atoms with van der Waals surface area (Å²) >= 11 is 3.30. The molecule has 100 valence electrons. The maximum atomic E-state index is 11.5. The van der Waals surface area contributed by atoms with Crippen LogP contribution in [0.25, 0.3) is 0 Å². The zero-order valence-corrected chi connectivity index (χ0v) is 12.4. The molecule has 0 saturated carbocycles. The van der Waals surface area contributed by atoms with Crippen LogP contribution in [0.2, 0.25) is 0 Å². The van der Waals surface area contributed by atoms with E-state index in [0.29, 0.717) is 12.2 Å². The van der Waals surface area contributed by atoms with E-state index in [4.69, 9.17) is 5.14 Å². The van der Waals surface area contributed by atoms with Crippen LogP contribution in [0.4, 0.5) is 5.69 Å². The van der Waals surface area contributed by atoms with Gasteiger partial charge in [0.25, 0.3) is 0 Å². The van der Waals surface area contributed by atoms with Crippen molar-refractivity contribution in [1.29, 1.82) is 0 Å². The van der Waals surface area contributed by atoms with Crippen molar-refractivity contribution in [2.75, 3.05) is 16.8 Å². The van der Waals surface area contributed by atoms with Crippen molar-refractivity contribution in [3.8, 4) is 0 Å². The quantitative estimate of drug-likeness (QED) is 0.828.